The quantitative estimate of drug-likeness (QED) is 0.116. The first kappa shape index (κ1) is 37.7. The molecule has 2 unspecified atom stereocenters. The minimum Gasteiger partial charge on any atom is -0.494 e. The lowest BCUT2D eigenvalue weighted by Crippen LogP contribution is -2.53. The molecule has 0 amide bonds. The van der Waals surface area contributed by atoms with Crippen LogP contribution in [0.1, 0.15) is 33.6 Å². The lowest BCUT2D eigenvalue weighted by Gasteiger charge is -2.44. The zero-order valence-electron chi connectivity index (χ0n) is 30.9. The van der Waals surface area contributed by atoms with Gasteiger partial charge >= 0.3 is 0 Å². The maximum atomic E-state index is 13.6. The van der Waals surface area contributed by atoms with Gasteiger partial charge in [0.05, 0.1) is 52.4 Å². The van der Waals surface area contributed by atoms with Gasteiger partial charge < -0.3 is 29.6 Å². The number of nitrogens with one attached hydrogen (secondary N) is 2. The lowest BCUT2D eigenvalue weighted by atomic mass is 9.98. The number of hydrogen-bond donors (Lipinski definition) is 2. The summed E-state index contributed by atoms with van der Waals surface area (Å²) in [5, 5.41) is 11.8. The first-order valence-electron chi connectivity index (χ1n) is 17.5. The summed E-state index contributed by atoms with van der Waals surface area (Å²) < 4.78 is 28.0. The molecule has 2 saturated heterocycles. The smallest absolute Gasteiger partial charge is 0.229 e. The van der Waals surface area contributed by atoms with Crippen molar-refractivity contribution in [3.63, 3.8) is 0 Å². The molecule has 0 radical (unpaired) electrons. The molecule has 4 heterocycles. The molecule has 2 aromatic carbocycles. The van der Waals surface area contributed by atoms with Gasteiger partial charge in [-0.3, -0.25) is 19.6 Å². The molecule has 2 fully saturated rings. The fourth-order valence-corrected chi connectivity index (χ4v) is 8.92. The summed E-state index contributed by atoms with van der Waals surface area (Å²) in [6.45, 7) is 17.1. The van der Waals surface area contributed by atoms with Crippen LogP contribution in [0, 0.1) is 0 Å². The van der Waals surface area contributed by atoms with Crippen LogP contribution in [-0.4, -0.2) is 102 Å². The summed E-state index contributed by atoms with van der Waals surface area (Å²) in [6, 6.07) is 8.33. The Kier molecular flexibility index (Phi) is 11.5. The van der Waals surface area contributed by atoms with Crippen molar-refractivity contribution in [3.8, 4) is 16.9 Å². The van der Waals surface area contributed by atoms with Gasteiger partial charge in [-0.2, -0.15) is 10.1 Å². The van der Waals surface area contributed by atoms with E-state index in [1.165, 1.54) is 0 Å². The molecule has 15 heteroatoms. The molecule has 2 aliphatic rings. The van der Waals surface area contributed by atoms with Crippen LogP contribution in [-0.2, 0) is 16.3 Å². The monoisotopic (exact) mass is 790 g/mol. The van der Waals surface area contributed by atoms with Crippen molar-refractivity contribution in [2.75, 3.05) is 62.2 Å². The Morgan fingerprint density at radius 2 is 1.83 bits per heavy atom. The van der Waals surface area contributed by atoms with Crippen LogP contribution in [0.3, 0.4) is 0 Å². The molecular weight excluding hydrogens is 743 g/mol. The molecule has 0 saturated carbocycles. The molecule has 0 spiro atoms. The zero-order chi connectivity index (χ0) is 37.2. The van der Waals surface area contributed by atoms with E-state index in [0.717, 1.165) is 55.8 Å². The van der Waals surface area contributed by atoms with Crippen LogP contribution in [0.15, 0.2) is 57.3 Å². The molecule has 2 aliphatic heterocycles. The molecule has 2 atom stereocenters. The molecule has 0 aliphatic carbocycles. The summed E-state index contributed by atoms with van der Waals surface area (Å²) >= 11 is 3.60. The Bertz CT molecular complexity index is 2000. The highest BCUT2D eigenvalue weighted by Gasteiger charge is 2.32. The Morgan fingerprint density at radius 3 is 2.44 bits per heavy atom. The van der Waals surface area contributed by atoms with Crippen LogP contribution in [0.2, 0.25) is 0 Å². The van der Waals surface area contributed by atoms with Crippen molar-refractivity contribution in [3.05, 3.63) is 47.3 Å². The largest absolute Gasteiger partial charge is 0.494 e. The second kappa shape index (κ2) is 15.9. The average Bonchev–Trinajstić information content (AvgIpc) is 3.54. The van der Waals surface area contributed by atoms with E-state index in [9.17, 15) is 4.57 Å². The van der Waals surface area contributed by atoms with Gasteiger partial charge in [-0.05, 0) is 87.8 Å². The number of benzene rings is 2. The fourth-order valence-electron chi connectivity index (χ4n) is 7.24. The number of aromatic nitrogens is 4. The first-order valence-corrected chi connectivity index (χ1v) is 20.9. The highest BCUT2D eigenvalue weighted by molar-refractivity contribution is 9.10. The van der Waals surface area contributed by atoms with Gasteiger partial charge in [0.2, 0.25) is 5.95 Å². The SMILES string of the molecule is C=Nc1ccc(Nc2nc(Nc3cc(-c4cnn(C)c4)c(N4CCC(N5CC(C)OC(C)C5)CC4)cc3OC)ncc2Br)c(P(C)(C)=O)c1N=CC. The number of ether oxygens (including phenoxy) is 2. The third-order valence-corrected chi connectivity index (χ3v) is 11.6. The number of hydrogen-bond acceptors (Lipinski definition) is 12. The van der Waals surface area contributed by atoms with Gasteiger partial charge in [0.15, 0.2) is 0 Å². The number of nitrogens with zero attached hydrogens (tertiary/aromatic N) is 8. The molecule has 6 rings (SSSR count). The molecule has 2 aromatic heterocycles. The highest BCUT2D eigenvalue weighted by atomic mass is 79.9. The topological polar surface area (TPSA) is 134 Å². The van der Waals surface area contributed by atoms with E-state index in [1.807, 2.05) is 37.1 Å². The fraction of sp³-hybridized carbons (Fsp3) is 0.432. The molecule has 276 valence electrons. The minimum absolute atomic E-state index is 0.253. The Morgan fingerprint density at radius 1 is 1.10 bits per heavy atom. The van der Waals surface area contributed by atoms with Gasteiger partial charge in [-0.25, -0.2) is 4.98 Å². The van der Waals surface area contributed by atoms with Crippen molar-refractivity contribution in [1.29, 1.82) is 0 Å². The summed E-state index contributed by atoms with van der Waals surface area (Å²) in [5.41, 5.74) is 5.51. The van der Waals surface area contributed by atoms with Crippen LogP contribution < -0.4 is 25.6 Å². The first-order chi connectivity index (χ1) is 24.9. The highest BCUT2D eigenvalue weighted by Crippen LogP contribution is 2.46. The molecular formula is C37H48BrN10O3P. The van der Waals surface area contributed by atoms with E-state index >= 15 is 0 Å². The summed E-state index contributed by atoms with van der Waals surface area (Å²) in [5.74, 6) is 1.49. The average molecular weight is 792 g/mol. The van der Waals surface area contributed by atoms with E-state index in [-0.39, 0.29) is 12.2 Å². The molecule has 0 bridgehead atoms. The van der Waals surface area contributed by atoms with Crippen LogP contribution in [0.25, 0.3) is 11.1 Å². The molecule has 13 nitrogen and oxygen atoms in total. The second-order valence-corrected chi connectivity index (χ2v) is 17.8. The van der Waals surface area contributed by atoms with Crippen molar-refractivity contribution < 1.29 is 14.0 Å². The maximum absolute atomic E-state index is 13.6. The predicted octanol–water partition coefficient (Wildman–Crippen LogP) is 7.52. The van der Waals surface area contributed by atoms with E-state index in [4.69, 9.17) is 14.5 Å². The number of anilines is 5. The van der Waals surface area contributed by atoms with Crippen molar-refractivity contribution in [1.82, 2.24) is 24.6 Å². The van der Waals surface area contributed by atoms with Crippen molar-refractivity contribution in [2.24, 2.45) is 17.0 Å². The van der Waals surface area contributed by atoms with Crippen molar-refractivity contribution in [2.45, 2.75) is 51.9 Å². The Hall–Kier alpha value is -4.10. The number of rotatable bonds is 11. The minimum atomic E-state index is -2.83. The number of methoxy groups -OCH3 is 1. The number of aliphatic imine (C=N–C) groups is 2. The van der Waals surface area contributed by atoms with E-state index in [0.29, 0.717) is 56.1 Å². The predicted molar refractivity (Wildman–Crippen MR) is 217 cm³/mol. The zero-order valence-corrected chi connectivity index (χ0v) is 33.4. The third kappa shape index (κ3) is 8.25. The van der Waals surface area contributed by atoms with Crippen LogP contribution >= 0.6 is 23.1 Å². The lowest BCUT2D eigenvalue weighted by molar-refractivity contribution is -0.0826. The van der Waals surface area contributed by atoms with Crippen LogP contribution in [0.5, 0.6) is 5.75 Å². The summed E-state index contributed by atoms with van der Waals surface area (Å²) in [4.78, 5) is 23.1. The maximum Gasteiger partial charge on any atom is 0.229 e. The number of aryl methyl sites for hydroxylation is 1. The third-order valence-electron chi connectivity index (χ3n) is 9.44. The Balaban J connectivity index is 1.31. The number of morpholine rings is 1. The number of halogens is 1. The standard InChI is InChI=1S/C37H48BrN10O3P/c1-9-40-34-29(39-4)10-11-30(35(34)52(7,8)49)43-36-28(38)19-41-37(45-36)44-31-16-27(25-18-42-46(5)22-25)32(17-33(31)50-6)47-14-12-26(13-15-47)48-20-23(2)51-24(3)21-48/h9-11,16-19,22-24,26H,4,12-15,20-21H2,1-3,5-8H3,(H2,41,43,44,45). The van der Waals surface area contributed by atoms with E-state index < -0.39 is 7.14 Å². The molecule has 2 N–H and O–H groups in total. The summed E-state index contributed by atoms with van der Waals surface area (Å²) in [6.07, 6.45) is 9.89. The van der Waals surface area contributed by atoms with Gasteiger partial charge in [0.1, 0.15) is 24.4 Å². The normalized spacial score (nSPS) is 18.9. The molecule has 4 aromatic rings. The molecule has 52 heavy (non-hydrogen) atoms. The van der Waals surface area contributed by atoms with Gasteiger partial charge in [-0.1, -0.05) is 0 Å². The second-order valence-electron chi connectivity index (χ2n) is 13.8. The van der Waals surface area contributed by atoms with E-state index in [2.05, 4.69) is 89.1 Å². The van der Waals surface area contributed by atoms with E-state index in [1.54, 1.807) is 38.9 Å². The van der Waals surface area contributed by atoms with Crippen molar-refractivity contribution >= 4 is 81.5 Å². The summed E-state index contributed by atoms with van der Waals surface area (Å²) in [7, 11) is 0.762. The van der Waals surface area contributed by atoms with Gasteiger partial charge in [-0.15, -0.1) is 0 Å². The Labute approximate surface area is 314 Å². The van der Waals surface area contributed by atoms with Gasteiger partial charge in [0, 0.05) is 80.8 Å². The number of piperidine rings is 1. The van der Waals surface area contributed by atoms with Gasteiger partial charge in [0.25, 0.3) is 0 Å². The van der Waals surface area contributed by atoms with Crippen LogP contribution in [0.4, 0.5) is 40.2 Å².